The van der Waals surface area contributed by atoms with Gasteiger partial charge in [-0.1, -0.05) is 11.6 Å². The minimum Gasteiger partial charge on any atom is -0.493 e. The zero-order valence-electron chi connectivity index (χ0n) is 9.25. The number of hydrogen-bond acceptors (Lipinski definition) is 2. The van der Waals surface area contributed by atoms with Crippen LogP contribution in [0.15, 0.2) is 33.4 Å². The number of rotatable bonds is 2. The maximum Gasteiger partial charge on any atom is 0.169 e. The first-order valence-corrected chi connectivity index (χ1v) is 7.10. The molecule has 2 aromatic rings. The molecule has 0 saturated carbocycles. The van der Waals surface area contributed by atoms with Gasteiger partial charge in [0.2, 0.25) is 0 Å². The smallest absolute Gasteiger partial charge is 0.169 e. The first-order valence-electron chi connectivity index (χ1n) is 5.49. The summed E-state index contributed by atoms with van der Waals surface area (Å²) in [6.45, 7) is 0.675. The summed E-state index contributed by atoms with van der Waals surface area (Å²) in [6, 6.07) is 7.41. The van der Waals surface area contributed by atoms with E-state index in [1.54, 1.807) is 0 Å². The van der Waals surface area contributed by atoms with Crippen LogP contribution in [0.1, 0.15) is 22.3 Å². The predicted octanol–water partition coefficient (Wildman–Crippen LogP) is 4.96. The molecular weight excluding hydrogens is 339 g/mol. The SMILES string of the molecule is Clc1cc2c(c(C(Cl)c3ccc(Br)o3)c1)OCC2. The van der Waals surface area contributed by atoms with Crippen LogP contribution in [0.4, 0.5) is 0 Å². The van der Waals surface area contributed by atoms with E-state index in [0.29, 0.717) is 22.1 Å². The number of fused-ring (bicyclic) bond motifs is 1. The monoisotopic (exact) mass is 346 g/mol. The third-order valence-corrected chi connectivity index (χ3v) is 3.99. The quantitative estimate of drug-likeness (QED) is 0.716. The molecule has 0 spiro atoms. The molecule has 1 aromatic carbocycles. The summed E-state index contributed by atoms with van der Waals surface area (Å²) < 4.78 is 11.8. The topological polar surface area (TPSA) is 22.4 Å². The lowest BCUT2D eigenvalue weighted by atomic mass is 10.0. The normalized spacial score (nSPS) is 15.3. The lowest BCUT2D eigenvalue weighted by Crippen LogP contribution is -1.96. The van der Waals surface area contributed by atoms with Crippen LogP contribution in [-0.2, 0) is 6.42 Å². The summed E-state index contributed by atoms with van der Waals surface area (Å²) >= 11 is 15.8. The molecule has 1 aliphatic rings. The Hall–Kier alpha value is -0.640. The van der Waals surface area contributed by atoms with Crippen LogP contribution in [0.3, 0.4) is 0 Å². The lowest BCUT2D eigenvalue weighted by molar-refractivity contribution is 0.352. The highest BCUT2D eigenvalue weighted by atomic mass is 79.9. The van der Waals surface area contributed by atoms with E-state index in [0.717, 1.165) is 23.3 Å². The summed E-state index contributed by atoms with van der Waals surface area (Å²) in [4.78, 5) is 0. The average molecular weight is 348 g/mol. The number of alkyl halides is 1. The van der Waals surface area contributed by atoms with Gasteiger partial charge in [-0.3, -0.25) is 0 Å². The van der Waals surface area contributed by atoms with Gasteiger partial charge < -0.3 is 9.15 Å². The lowest BCUT2D eigenvalue weighted by Gasteiger charge is -2.12. The van der Waals surface area contributed by atoms with E-state index in [1.165, 1.54) is 0 Å². The molecule has 0 fully saturated rings. The highest BCUT2D eigenvalue weighted by molar-refractivity contribution is 9.10. The highest BCUT2D eigenvalue weighted by Crippen LogP contribution is 2.42. The standard InChI is InChI=1S/C13H9BrCl2O2/c14-11-2-1-10(18-11)12(16)9-6-8(15)5-7-3-4-17-13(7)9/h1-2,5-6,12H,3-4H2. The van der Waals surface area contributed by atoms with Crippen LogP contribution in [0, 0.1) is 0 Å². The molecule has 2 nitrogen and oxygen atoms in total. The second kappa shape index (κ2) is 4.80. The van der Waals surface area contributed by atoms with E-state index in [9.17, 15) is 0 Å². The Labute approximate surface area is 123 Å². The Kier molecular flexibility index (Phi) is 3.31. The van der Waals surface area contributed by atoms with Gasteiger partial charge >= 0.3 is 0 Å². The number of ether oxygens (including phenoxy) is 1. The summed E-state index contributed by atoms with van der Waals surface area (Å²) in [5.41, 5.74) is 1.97. The van der Waals surface area contributed by atoms with Gasteiger partial charge in [0.05, 0.1) is 6.61 Å². The van der Waals surface area contributed by atoms with Crippen LogP contribution in [0.2, 0.25) is 5.02 Å². The number of furan rings is 1. The second-order valence-electron chi connectivity index (χ2n) is 4.09. The molecule has 0 amide bonds. The Morgan fingerprint density at radius 3 is 2.83 bits per heavy atom. The van der Waals surface area contributed by atoms with Gasteiger partial charge in [-0.05, 0) is 45.8 Å². The summed E-state index contributed by atoms with van der Waals surface area (Å²) in [5.74, 6) is 1.51. The zero-order valence-corrected chi connectivity index (χ0v) is 12.3. The molecule has 0 saturated heterocycles. The van der Waals surface area contributed by atoms with Crippen molar-refractivity contribution in [1.82, 2.24) is 0 Å². The molecule has 94 valence electrons. The average Bonchev–Trinajstić information content (AvgIpc) is 2.95. The summed E-state index contributed by atoms with van der Waals surface area (Å²) in [7, 11) is 0. The van der Waals surface area contributed by atoms with Crippen molar-refractivity contribution < 1.29 is 9.15 Å². The molecule has 1 aliphatic heterocycles. The molecule has 0 aliphatic carbocycles. The largest absolute Gasteiger partial charge is 0.493 e. The van der Waals surface area contributed by atoms with Crippen LogP contribution >= 0.6 is 39.1 Å². The van der Waals surface area contributed by atoms with Crippen molar-refractivity contribution >= 4 is 39.1 Å². The van der Waals surface area contributed by atoms with E-state index in [4.69, 9.17) is 32.4 Å². The summed E-state index contributed by atoms with van der Waals surface area (Å²) in [6.07, 6.45) is 0.869. The second-order valence-corrected chi connectivity index (χ2v) is 5.74. The molecular formula is C13H9BrCl2O2. The first kappa shape index (κ1) is 12.4. The fraction of sp³-hybridized carbons (Fsp3) is 0.231. The minimum atomic E-state index is -0.401. The Morgan fingerprint density at radius 1 is 1.28 bits per heavy atom. The maximum absolute atomic E-state index is 6.45. The van der Waals surface area contributed by atoms with Crippen LogP contribution in [0.25, 0.3) is 0 Å². The van der Waals surface area contributed by atoms with Crippen molar-refractivity contribution in [2.75, 3.05) is 6.61 Å². The van der Waals surface area contributed by atoms with Gasteiger partial charge in [0.25, 0.3) is 0 Å². The van der Waals surface area contributed by atoms with Crippen molar-refractivity contribution in [3.8, 4) is 5.75 Å². The molecule has 0 N–H and O–H groups in total. The van der Waals surface area contributed by atoms with E-state index < -0.39 is 5.38 Å². The molecule has 1 atom stereocenters. The van der Waals surface area contributed by atoms with Gasteiger partial charge in [0, 0.05) is 17.0 Å². The Balaban J connectivity index is 2.06. The van der Waals surface area contributed by atoms with Gasteiger partial charge in [-0.15, -0.1) is 11.6 Å². The van der Waals surface area contributed by atoms with Crippen molar-refractivity contribution in [3.63, 3.8) is 0 Å². The molecule has 1 aromatic heterocycles. The van der Waals surface area contributed by atoms with Crippen LogP contribution in [0.5, 0.6) is 5.75 Å². The van der Waals surface area contributed by atoms with Crippen molar-refractivity contribution in [1.29, 1.82) is 0 Å². The predicted molar refractivity (Wildman–Crippen MR) is 74.8 cm³/mol. The third kappa shape index (κ3) is 2.15. The van der Waals surface area contributed by atoms with Crippen LogP contribution < -0.4 is 4.74 Å². The Morgan fingerprint density at radius 2 is 2.11 bits per heavy atom. The van der Waals surface area contributed by atoms with Crippen molar-refractivity contribution in [2.24, 2.45) is 0 Å². The van der Waals surface area contributed by atoms with Crippen LogP contribution in [-0.4, -0.2) is 6.61 Å². The molecule has 3 rings (SSSR count). The van der Waals surface area contributed by atoms with Gasteiger partial charge in [0.1, 0.15) is 16.9 Å². The van der Waals surface area contributed by atoms with E-state index in [1.807, 2.05) is 24.3 Å². The minimum absolute atomic E-state index is 0.401. The molecule has 18 heavy (non-hydrogen) atoms. The van der Waals surface area contributed by atoms with Gasteiger partial charge in [-0.25, -0.2) is 0 Å². The summed E-state index contributed by atoms with van der Waals surface area (Å²) in [5, 5.41) is 0.271. The molecule has 1 unspecified atom stereocenters. The zero-order chi connectivity index (χ0) is 12.7. The van der Waals surface area contributed by atoms with Crippen molar-refractivity contribution in [2.45, 2.75) is 11.8 Å². The first-order chi connectivity index (χ1) is 8.65. The van der Waals surface area contributed by atoms with E-state index in [-0.39, 0.29) is 0 Å². The van der Waals surface area contributed by atoms with Gasteiger partial charge in [0.15, 0.2) is 4.67 Å². The number of hydrogen-bond donors (Lipinski definition) is 0. The molecule has 0 radical (unpaired) electrons. The maximum atomic E-state index is 6.45. The van der Waals surface area contributed by atoms with Crippen molar-refractivity contribution in [3.05, 3.63) is 50.8 Å². The fourth-order valence-electron chi connectivity index (χ4n) is 2.10. The Bertz CT molecular complexity index is 595. The number of halogens is 3. The molecule has 5 heteroatoms. The number of benzene rings is 1. The van der Waals surface area contributed by atoms with E-state index in [2.05, 4.69) is 15.9 Å². The third-order valence-electron chi connectivity index (χ3n) is 2.89. The van der Waals surface area contributed by atoms with E-state index >= 15 is 0 Å². The molecule has 0 bridgehead atoms. The molecule has 2 heterocycles. The van der Waals surface area contributed by atoms with Gasteiger partial charge in [-0.2, -0.15) is 0 Å². The fourth-order valence-corrected chi connectivity index (χ4v) is 2.95. The highest BCUT2D eigenvalue weighted by Gasteiger charge is 2.25.